The molecule has 0 atom stereocenters. The van der Waals surface area contributed by atoms with Gasteiger partial charge in [-0.3, -0.25) is 4.98 Å². The van der Waals surface area contributed by atoms with E-state index in [4.69, 9.17) is 5.73 Å². The number of rotatable bonds is 5. The maximum Gasteiger partial charge on any atom is 0.135 e. The Morgan fingerprint density at radius 3 is 2.74 bits per heavy atom. The molecule has 1 aromatic heterocycles. The fraction of sp³-hybridized carbons (Fsp3) is 0.312. The van der Waals surface area contributed by atoms with E-state index >= 15 is 0 Å². The van der Waals surface area contributed by atoms with Crippen LogP contribution in [-0.2, 0) is 6.42 Å². The predicted molar refractivity (Wildman–Crippen MR) is 76.4 cm³/mol. The van der Waals surface area contributed by atoms with Crippen LogP contribution in [0.4, 0.5) is 4.39 Å². The van der Waals surface area contributed by atoms with E-state index in [-0.39, 0.29) is 5.82 Å². The first kappa shape index (κ1) is 13.7. The zero-order valence-corrected chi connectivity index (χ0v) is 11.2. The summed E-state index contributed by atoms with van der Waals surface area (Å²) in [5.41, 5.74) is 8.51. The van der Waals surface area contributed by atoms with Gasteiger partial charge in [-0.25, -0.2) is 4.39 Å². The van der Waals surface area contributed by atoms with Gasteiger partial charge in [0.25, 0.3) is 0 Å². The second-order valence-corrected chi connectivity index (χ2v) is 4.69. The van der Waals surface area contributed by atoms with Crippen molar-refractivity contribution in [1.29, 1.82) is 0 Å². The molecule has 0 spiro atoms. The number of unbranched alkanes of at least 4 members (excludes halogenated alkanes) is 1. The van der Waals surface area contributed by atoms with Crippen LogP contribution in [0.15, 0.2) is 36.5 Å². The van der Waals surface area contributed by atoms with Crippen LogP contribution < -0.4 is 5.73 Å². The second kappa shape index (κ2) is 6.43. The summed E-state index contributed by atoms with van der Waals surface area (Å²) >= 11 is 0. The van der Waals surface area contributed by atoms with Gasteiger partial charge in [0.2, 0.25) is 0 Å². The largest absolute Gasteiger partial charge is 0.330 e. The Kier molecular flexibility index (Phi) is 4.63. The lowest BCUT2D eigenvalue weighted by Gasteiger charge is -2.09. The van der Waals surface area contributed by atoms with Crippen molar-refractivity contribution in [3.05, 3.63) is 53.5 Å². The van der Waals surface area contributed by atoms with Crippen molar-refractivity contribution in [2.45, 2.75) is 26.2 Å². The van der Waals surface area contributed by atoms with Crippen LogP contribution in [0.2, 0.25) is 0 Å². The lowest BCUT2D eigenvalue weighted by Crippen LogP contribution is -2.01. The third-order valence-electron chi connectivity index (χ3n) is 3.24. The van der Waals surface area contributed by atoms with Crippen LogP contribution in [0, 0.1) is 12.7 Å². The number of nitrogens with two attached hydrogens (primary N) is 1. The molecule has 1 aromatic carbocycles. The molecule has 0 saturated heterocycles. The first-order valence-electron chi connectivity index (χ1n) is 6.63. The van der Waals surface area contributed by atoms with E-state index in [1.54, 1.807) is 12.3 Å². The zero-order valence-electron chi connectivity index (χ0n) is 11.2. The first-order valence-corrected chi connectivity index (χ1v) is 6.63. The van der Waals surface area contributed by atoms with Gasteiger partial charge in [0.1, 0.15) is 5.82 Å². The number of hydrogen-bond donors (Lipinski definition) is 1. The standard InChI is InChI=1S/C16H19FN2/c1-12-6-5-11-19-16(12)14-9-4-8-13(15(14)17)7-2-3-10-18/h4-6,8-9,11H,2-3,7,10,18H2,1H3. The average Bonchev–Trinajstić information content (AvgIpc) is 2.42. The summed E-state index contributed by atoms with van der Waals surface area (Å²) in [5, 5.41) is 0. The van der Waals surface area contributed by atoms with E-state index < -0.39 is 0 Å². The molecule has 2 aromatic rings. The summed E-state index contributed by atoms with van der Waals surface area (Å²) in [6, 6.07) is 9.33. The third kappa shape index (κ3) is 3.18. The summed E-state index contributed by atoms with van der Waals surface area (Å²) in [7, 11) is 0. The number of pyridine rings is 1. The molecule has 3 heteroatoms. The lowest BCUT2D eigenvalue weighted by atomic mass is 10.00. The average molecular weight is 258 g/mol. The molecule has 2 rings (SSSR count). The highest BCUT2D eigenvalue weighted by molar-refractivity contribution is 5.64. The second-order valence-electron chi connectivity index (χ2n) is 4.69. The number of hydrogen-bond acceptors (Lipinski definition) is 2. The smallest absolute Gasteiger partial charge is 0.135 e. The van der Waals surface area contributed by atoms with Gasteiger partial charge in [-0.2, -0.15) is 0 Å². The van der Waals surface area contributed by atoms with Crippen LogP contribution in [0.1, 0.15) is 24.0 Å². The van der Waals surface area contributed by atoms with Crippen LogP contribution >= 0.6 is 0 Å². The zero-order chi connectivity index (χ0) is 13.7. The summed E-state index contributed by atoms with van der Waals surface area (Å²) in [6.45, 7) is 2.60. The quantitative estimate of drug-likeness (QED) is 0.834. The van der Waals surface area contributed by atoms with Crippen molar-refractivity contribution in [1.82, 2.24) is 4.98 Å². The van der Waals surface area contributed by atoms with Crippen molar-refractivity contribution in [3.8, 4) is 11.3 Å². The highest BCUT2D eigenvalue weighted by atomic mass is 19.1. The molecule has 2 nitrogen and oxygen atoms in total. The van der Waals surface area contributed by atoms with Gasteiger partial charge >= 0.3 is 0 Å². The predicted octanol–water partition coefficient (Wildman–Crippen LogP) is 3.48. The van der Waals surface area contributed by atoms with Gasteiger partial charge in [-0.1, -0.05) is 18.2 Å². The molecule has 0 fully saturated rings. The van der Waals surface area contributed by atoms with E-state index in [2.05, 4.69) is 4.98 Å². The first-order chi connectivity index (χ1) is 9.24. The van der Waals surface area contributed by atoms with Crippen LogP contribution in [0.3, 0.4) is 0 Å². The number of nitrogens with zero attached hydrogens (tertiary/aromatic N) is 1. The molecule has 1 heterocycles. The monoisotopic (exact) mass is 258 g/mol. The van der Waals surface area contributed by atoms with Gasteiger partial charge in [-0.15, -0.1) is 0 Å². The van der Waals surface area contributed by atoms with Crippen LogP contribution in [-0.4, -0.2) is 11.5 Å². The molecule has 0 unspecified atom stereocenters. The maximum absolute atomic E-state index is 14.5. The SMILES string of the molecule is Cc1cccnc1-c1cccc(CCCCN)c1F. The van der Waals surface area contributed by atoms with Crippen molar-refractivity contribution >= 4 is 0 Å². The van der Waals surface area contributed by atoms with Gasteiger partial charge < -0.3 is 5.73 Å². The minimum Gasteiger partial charge on any atom is -0.330 e. The van der Waals surface area contributed by atoms with Gasteiger partial charge in [0, 0.05) is 11.8 Å². The molecule has 0 saturated carbocycles. The lowest BCUT2D eigenvalue weighted by molar-refractivity contribution is 0.603. The van der Waals surface area contributed by atoms with Crippen LogP contribution in [0.5, 0.6) is 0 Å². The van der Waals surface area contributed by atoms with E-state index in [0.29, 0.717) is 12.1 Å². The van der Waals surface area contributed by atoms with E-state index in [0.717, 1.165) is 36.1 Å². The Morgan fingerprint density at radius 1 is 1.16 bits per heavy atom. The van der Waals surface area contributed by atoms with E-state index in [1.807, 2.05) is 31.2 Å². The molecule has 100 valence electrons. The van der Waals surface area contributed by atoms with Crippen molar-refractivity contribution < 1.29 is 4.39 Å². The molecule has 0 aliphatic rings. The molecular weight excluding hydrogens is 239 g/mol. The van der Waals surface area contributed by atoms with Crippen molar-refractivity contribution in [2.75, 3.05) is 6.54 Å². The molecule has 0 amide bonds. The third-order valence-corrected chi connectivity index (χ3v) is 3.24. The fourth-order valence-electron chi connectivity index (χ4n) is 2.18. The Hall–Kier alpha value is -1.74. The molecule has 0 aliphatic heterocycles. The molecule has 19 heavy (non-hydrogen) atoms. The number of halogens is 1. The molecular formula is C16H19FN2. The fourth-order valence-corrected chi connectivity index (χ4v) is 2.18. The number of benzene rings is 1. The summed E-state index contributed by atoms with van der Waals surface area (Å²) in [6.07, 6.45) is 4.26. The Balaban J connectivity index is 2.32. The maximum atomic E-state index is 14.5. The van der Waals surface area contributed by atoms with Crippen molar-refractivity contribution in [2.24, 2.45) is 5.73 Å². The van der Waals surface area contributed by atoms with E-state index in [9.17, 15) is 4.39 Å². The van der Waals surface area contributed by atoms with E-state index in [1.165, 1.54) is 0 Å². The Morgan fingerprint density at radius 2 is 2.00 bits per heavy atom. The summed E-state index contributed by atoms with van der Waals surface area (Å²) < 4.78 is 14.5. The van der Waals surface area contributed by atoms with Gasteiger partial charge in [0.15, 0.2) is 0 Å². The van der Waals surface area contributed by atoms with Crippen LogP contribution in [0.25, 0.3) is 11.3 Å². The summed E-state index contributed by atoms with van der Waals surface area (Å²) in [4.78, 5) is 4.29. The minimum absolute atomic E-state index is 0.152. The minimum atomic E-state index is -0.152. The molecule has 0 bridgehead atoms. The number of aromatic nitrogens is 1. The highest BCUT2D eigenvalue weighted by Crippen LogP contribution is 2.26. The molecule has 2 N–H and O–H groups in total. The highest BCUT2D eigenvalue weighted by Gasteiger charge is 2.12. The normalized spacial score (nSPS) is 10.7. The Labute approximate surface area is 113 Å². The van der Waals surface area contributed by atoms with Gasteiger partial charge in [0.05, 0.1) is 5.69 Å². The topological polar surface area (TPSA) is 38.9 Å². The molecule has 0 aliphatic carbocycles. The Bertz CT molecular complexity index is 552. The van der Waals surface area contributed by atoms with Gasteiger partial charge in [-0.05, 0) is 56.0 Å². The molecule has 0 radical (unpaired) electrons. The van der Waals surface area contributed by atoms with Crippen molar-refractivity contribution in [3.63, 3.8) is 0 Å². The summed E-state index contributed by atoms with van der Waals surface area (Å²) in [5.74, 6) is -0.152. The number of aryl methyl sites for hydroxylation is 2.